The molecule has 1 aliphatic rings. The number of carbonyl (C=O) groups excluding carboxylic acids is 1. The highest BCUT2D eigenvalue weighted by Gasteiger charge is 2.49. The van der Waals surface area contributed by atoms with Crippen LogP contribution in [0.15, 0.2) is 30.3 Å². The van der Waals surface area contributed by atoms with Gasteiger partial charge in [-0.1, -0.05) is 37.3 Å². The molecular weight excluding hydrogens is 242 g/mol. The van der Waals surface area contributed by atoms with Crippen LogP contribution in [-0.4, -0.2) is 24.2 Å². The van der Waals surface area contributed by atoms with Crippen molar-refractivity contribution in [3.05, 3.63) is 35.9 Å². The van der Waals surface area contributed by atoms with E-state index in [-0.39, 0.29) is 12.1 Å². The van der Waals surface area contributed by atoms with Crippen molar-refractivity contribution < 1.29 is 14.3 Å². The fourth-order valence-corrected chi connectivity index (χ4v) is 2.16. The molecule has 0 aromatic heterocycles. The second-order valence-electron chi connectivity index (χ2n) is 5.12. The zero-order valence-corrected chi connectivity index (χ0v) is 11.3. The van der Waals surface area contributed by atoms with E-state index >= 15 is 0 Å². The minimum absolute atomic E-state index is 0.0550. The summed E-state index contributed by atoms with van der Waals surface area (Å²) in [5.74, 6) is -0.297. The largest absolute Gasteiger partial charge is 0.464 e. The van der Waals surface area contributed by atoms with Crippen LogP contribution in [0.3, 0.4) is 0 Å². The van der Waals surface area contributed by atoms with Crippen LogP contribution >= 0.6 is 0 Å². The Hall–Kier alpha value is -1.39. The number of carbonyl (C=O) groups is 1. The van der Waals surface area contributed by atoms with E-state index in [0.29, 0.717) is 26.1 Å². The molecule has 4 nitrogen and oxygen atoms in total. The molecule has 104 valence electrons. The van der Waals surface area contributed by atoms with Crippen molar-refractivity contribution in [2.75, 3.05) is 6.61 Å². The first kappa shape index (κ1) is 14.0. The molecule has 1 fully saturated rings. The van der Waals surface area contributed by atoms with Gasteiger partial charge in [0.1, 0.15) is 5.54 Å². The summed E-state index contributed by atoms with van der Waals surface area (Å²) in [7, 11) is 0. The summed E-state index contributed by atoms with van der Waals surface area (Å²) < 4.78 is 10.8. The van der Waals surface area contributed by atoms with E-state index in [1.807, 2.05) is 37.3 Å². The molecule has 0 spiro atoms. The molecule has 2 N–H and O–H groups in total. The molecule has 0 saturated heterocycles. The van der Waals surface area contributed by atoms with Gasteiger partial charge in [-0.25, -0.2) is 0 Å². The summed E-state index contributed by atoms with van der Waals surface area (Å²) in [6.07, 6.45) is 1.96. The SMILES string of the molecule is CCCOC(=O)C1(N)CC(OCc2ccccc2)C1. The maximum absolute atomic E-state index is 11.7. The van der Waals surface area contributed by atoms with E-state index in [9.17, 15) is 4.79 Å². The summed E-state index contributed by atoms with van der Waals surface area (Å²) in [6, 6.07) is 9.97. The summed E-state index contributed by atoms with van der Waals surface area (Å²) in [5.41, 5.74) is 6.29. The van der Waals surface area contributed by atoms with Crippen LogP contribution in [-0.2, 0) is 20.9 Å². The molecule has 0 amide bonds. The van der Waals surface area contributed by atoms with Gasteiger partial charge >= 0.3 is 5.97 Å². The van der Waals surface area contributed by atoms with E-state index < -0.39 is 5.54 Å². The monoisotopic (exact) mass is 263 g/mol. The van der Waals surface area contributed by atoms with Gasteiger partial charge in [-0.05, 0) is 12.0 Å². The molecule has 1 aromatic rings. The Morgan fingerprint density at radius 2 is 2.05 bits per heavy atom. The number of nitrogens with two attached hydrogens (primary N) is 1. The van der Waals surface area contributed by atoms with Gasteiger partial charge in [0.2, 0.25) is 0 Å². The number of hydrogen-bond acceptors (Lipinski definition) is 4. The minimum atomic E-state index is -0.837. The summed E-state index contributed by atoms with van der Waals surface area (Å²) in [6.45, 7) is 2.96. The average molecular weight is 263 g/mol. The van der Waals surface area contributed by atoms with E-state index in [1.165, 1.54) is 0 Å². The lowest BCUT2D eigenvalue weighted by atomic mass is 9.75. The molecule has 1 aliphatic carbocycles. The van der Waals surface area contributed by atoms with Crippen molar-refractivity contribution in [2.24, 2.45) is 5.73 Å². The Labute approximate surface area is 113 Å². The molecule has 1 saturated carbocycles. The maximum atomic E-state index is 11.7. The van der Waals surface area contributed by atoms with E-state index in [4.69, 9.17) is 15.2 Å². The molecule has 0 atom stereocenters. The number of rotatable bonds is 6. The zero-order valence-electron chi connectivity index (χ0n) is 11.3. The first-order valence-electron chi connectivity index (χ1n) is 6.75. The average Bonchev–Trinajstić information content (AvgIpc) is 2.40. The van der Waals surface area contributed by atoms with Crippen LogP contribution in [0.5, 0.6) is 0 Å². The number of ether oxygens (including phenoxy) is 2. The van der Waals surface area contributed by atoms with Gasteiger partial charge in [-0.2, -0.15) is 0 Å². The Bertz CT molecular complexity index is 413. The number of esters is 1. The number of hydrogen-bond donors (Lipinski definition) is 1. The molecule has 2 rings (SSSR count). The van der Waals surface area contributed by atoms with Gasteiger partial charge in [0.05, 0.1) is 19.3 Å². The summed E-state index contributed by atoms with van der Waals surface area (Å²) >= 11 is 0. The van der Waals surface area contributed by atoms with E-state index in [0.717, 1.165) is 12.0 Å². The Balaban J connectivity index is 1.72. The topological polar surface area (TPSA) is 61.5 Å². The molecule has 0 unspecified atom stereocenters. The third-order valence-electron chi connectivity index (χ3n) is 3.36. The van der Waals surface area contributed by atoms with Gasteiger partial charge in [0, 0.05) is 12.8 Å². The predicted octanol–water partition coefficient (Wildman–Crippen LogP) is 2.02. The zero-order chi connectivity index (χ0) is 13.7. The van der Waals surface area contributed by atoms with Gasteiger partial charge in [-0.3, -0.25) is 4.79 Å². The van der Waals surface area contributed by atoms with Crippen molar-refractivity contribution in [1.82, 2.24) is 0 Å². The third kappa shape index (κ3) is 3.55. The van der Waals surface area contributed by atoms with Gasteiger partial charge in [-0.15, -0.1) is 0 Å². The lowest BCUT2D eigenvalue weighted by Crippen LogP contribution is -2.61. The van der Waals surface area contributed by atoms with Crippen molar-refractivity contribution in [3.8, 4) is 0 Å². The van der Waals surface area contributed by atoms with Gasteiger partial charge < -0.3 is 15.2 Å². The van der Waals surface area contributed by atoms with Crippen LogP contribution in [0.25, 0.3) is 0 Å². The van der Waals surface area contributed by atoms with E-state index in [1.54, 1.807) is 0 Å². The Kier molecular flexibility index (Phi) is 4.56. The lowest BCUT2D eigenvalue weighted by Gasteiger charge is -2.42. The highest BCUT2D eigenvalue weighted by atomic mass is 16.5. The van der Waals surface area contributed by atoms with Crippen molar-refractivity contribution in [3.63, 3.8) is 0 Å². The molecule has 1 aromatic carbocycles. The van der Waals surface area contributed by atoms with E-state index in [2.05, 4.69) is 0 Å². The highest BCUT2D eigenvalue weighted by Crippen LogP contribution is 2.34. The Morgan fingerprint density at radius 1 is 1.37 bits per heavy atom. The van der Waals surface area contributed by atoms with Crippen LogP contribution in [0.4, 0.5) is 0 Å². The van der Waals surface area contributed by atoms with Crippen LogP contribution < -0.4 is 5.73 Å². The van der Waals surface area contributed by atoms with Crippen molar-refractivity contribution in [1.29, 1.82) is 0 Å². The number of benzene rings is 1. The minimum Gasteiger partial charge on any atom is -0.464 e. The summed E-state index contributed by atoms with van der Waals surface area (Å²) in [4.78, 5) is 11.7. The lowest BCUT2D eigenvalue weighted by molar-refractivity contribution is -0.161. The standard InChI is InChI=1S/C15H21NO3/c1-2-8-18-14(17)15(16)9-13(10-15)19-11-12-6-4-3-5-7-12/h3-7,13H,2,8-11,16H2,1H3. The quantitative estimate of drug-likeness (QED) is 0.798. The fraction of sp³-hybridized carbons (Fsp3) is 0.533. The van der Waals surface area contributed by atoms with Crippen LogP contribution in [0.2, 0.25) is 0 Å². The van der Waals surface area contributed by atoms with Crippen LogP contribution in [0.1, 0.15) is 31.7 Å². The molecule has 0 aliphatic heterocycles. The second kappa shape index (κ2) is 6.17. The second-order valence-corrected chi connectivity index (χ2v) is 5.12. The molecule has 0 radical (unpaired) electrons. The third-order valence-corrected chi connectivity index (χ3v) is 3.36. The first-order valence-corrected chi connectivity index (χ1v) is 6.75. The predicted molar refractivity (Wildman–Crippen MR) is 72.4 cm³/mol. The molecule has 4 heteroatoms. The van der Waals surface area contributed by atoms with Crippen molar-refractivity contribution >= 4 is 5.97 Å². The smallest absolute Gasteiger partial charge is 0.326 e. The summed E-state index contributed by atoms with van der Waals surface area (Å²) in [5, 5.41) is 0. The van der Waals surface area contributed by atoms with Gasteiger partial charge in [0.15, 0.2) is 0 Å². The van der Waals surface area contributed by atoms with Gasteiger partial charge in [0.25, 0.3) is 0 Å². The maximum Gasteiger partial charge on any atom is 0.326 e. The molecular formula is C15H21NO3. The molecule has 0 bridgehead atoms. The molecule has 19 heavy (non-hydrogen) atoms. The fourth-order valence-electron chi connectivity index (χ4n) is 2.16. The highest BCUT2D eigenvalue weighted by molar-refractivity contribution is 5.82. The first-order chi connectivity index (χ1) is 9.14. The van der Waals surface area contributed by atoms with Crippen LogP contribution in [0, 0.1) is 0 Å². The Morgan fingerprint density at radius 3 is 2.68 bits per heavy atom. The molecule has 0 heterocycles. The normalized spacial score (nSPS) is 25.7. The van der Waals surface area contributed by atoms with Crippen molar-refractivity contribution in [2.45, 2.75) is 44.4 Å².